The van der Waals surface area contributed by atoms with Gasteiger partial charge in [-0.1, -0.05) is 32.9 Å². The molecule has 21 heavy (non-hydrogen) atoms. The molecule has 2 rings (SSSR count). The Bertz CT molecular complexity index is 565. The first-order chi connectivity index (χ1) is 9.75. The number of nitrogens with two attached hydrogens (primary N) is 1. The van der Waals surface area contributed by atoms with Gasteiger partial charge in [0.15, 0.2) is 0 Å². The third-order valence-corrected chi connectivity index (χ3v) is 6.18. The average Bonchev–Trinajstić information content (AvgIpc) is 2.46. The number of benzene rings is 1. The minimum Gasteiger partial charge on any atom is -0.330 e. The standard InChI is InChI=1S/C16H26N2O2S/c1-16(2,3)14-4-6-15(7-5-14)21(19,20)18-10-8-13(12-17)9-11-18/h4-7,13H,8-12,17H2,1-3H3. The van der Waals surface area contributed by atoms with E-state index in [1.54, 1.807) is 16.4 Å². The van der Waals surface area contributed by atoms with Crippen molar-refractivity contribution in [3.8, 4) is 0 Å². The van der Waals surface area contributed by atoms with Gasteiger partial charge in [-0.05, 0) is 48.4 Å². The van der Waals surface area contributed by atoms with Crippen molar-refractivity contribution in [3.05, 3.63) is 29.8 Å². The Morgan fingerprint density at radius 1 is 1.14 bits per heavy atom. The number of piperidine rings is 1. The van der Waals surface area contributed by atoms with E-state index in [0.29, 0.717) is 30.4 Å². The number of sulfonamides is 1. The van der Waals surface area contributed by atoms with Crippen molar-refractivity contribution in [3.63, 3.8) is 0 Å². The molecule has 1 fully saturated rings. The number of rotatable bonds is 3. The summed E-state index contributed by atoms with van der Waals surface area (Å²) < 4.78 is 26.9. The summed E-state index contributed by atoms with van der Waals surface area (Å²) in [5, 5.41) is 0. The predicted octanol–water partition coefficient (Wildman–Crippen LogP) is 2.34. The van der Waals surface area contributed by atoms with Crippen LogP contribution in [-0.2, 0) is 15.4 Å². The maximum absolute atomic E-state index is 12.6. The molecule has 1 aliphatic rings. The summed E-state index contributed by atoms with van der Waals surface area (Å²) in [7, 11) is -3.36. The Balaban J connectivity index is 2.17. The molecule has 0 spiro atoms. The lowest BCUT2D eigenvalue weighted by Crippen LogP contribution is -2.40. The maximum atomic E-state index is 12.6. The summed E-state index contributed by atoms with van der Waals surface area (Å²) in [4.78, 5) is 0.390. The Morgan fingerprint density at radius 3 is 2.10 bits per heavy atom. The van der Waals surface area contributed by atoms with Gasteiger partial charge < -0.3 is 5.73 Å². The molecule has 5 heteroatoms. The van der Waals surface area contributed by atoms with Gasteiger partial charge >= 0.3 is 0 Å². The highest BCUT2D eigenvalue weighted by atomic mass is 32.2. The first-order valence-corrected chi connectivity index (χ1v) is 9.00. The highest BCUT2D eigenvalue weighted by Gasteiger charge is 2.29. The lowest BCUT2D eigenvalue weighted by Gasteiger charge is -2.30. The van der Waals surface area contributed by atoms with E-state index in [1.165, 1.54) is 0 Å². The zero-order chi connectivity index (χ0) is 15.7. The zero-order valence-corrected chi connectivity index (χ0v) is 14.0. The van der Waals surface area contributed by atoms with Crippen LogP contribution in [0.25, 0.3) is 0 Å². The second-order valence-electron chi connectivity index (χ2n) is 6.86. The van der Waals surface area contributed by atoms with E-state index in [2.05, 4.69) is 20.8 Å². The van der Waals surface area contributed by atoms with Gasteiger partial charge in [0.1, 0.15) is 0 Å². The molecule has 0 aliphatic carbocycles. The summed E-state index contributed by atoms with van der Waals surface area (Å²) in [6, 6.07) is 7.29. The molecule has 0 aromatic heterocycles. The first kappa shape index (κ1) is 16.5. The van der Waals surface area contributed by atoms with Gasteiger partial charge in [0, 0.05) is 13.1 Å². The molecule has 1 aromatic carbocycles. The van der Waals surface area contributed by atoms with Crippen LogP contribution in [-0.4, -0.2) is 32.4 Å². The minimum atomic E-state index is -3.36. The number of nitrogens with zero attached hydrogens (tertiary/aromatic N) is 1. The van der Waals surface area contributed by atoms with E-state index in [-0.39, 0.29) is 5.41 Å². The normalized spacial score (nSPS) is 18.9. The highest BCUT2D eigenvalue weighted by Crippen LogP contribution is 2.26. The lowest BCUT2D eigenvalue weighted by molar-refractivity contribution is 0.278. The van der Waals surface area contributed by atoms with E-state index in [1.807, 2.05) is 12.1 Å². The predicted molar refractivity (Wildman–Crippen MR) is 85.7 cm³/mol. The number of hydrogen-bond acceptors (Lipinski definition) is 3. The fourth-order valence-electron chi connectivity index (χ4n) is 2.66. The van der Waals surface area contributed by atoms with Gasteiger partial charge in [0.2, 0.25) is 10.0 Å². The molecule has 1 saturated heterocycles. The largest absolute Gasteiger partial charge is 0.330 e. The molecular formula is C16H26N2O2S. The second-order valence-corrected chi connectivity index (χ2v) is 8.80. The quantitative estimate of drug-likeness (QED) is 0.932. The van der Waals surface area contributed by atoms with Crippen LogP contribution in [0.1, 0.15) is 39.2 Å². The minimum absolute atomic E-state index is 0.0295. The van der Waals surface area contributed by atoms with Crippen molar-refractivity contribution >= 4 is 10.0 Å². The Morgan fingerprint density at radius 2 is 1.67 bits per heavy atom. The molecule has 0 saturated carbocycles. The van der Waals surface area contributed by atoms with Crippen LogP contribution in [0.15, 0.2) is 29.2 Å². The van der Waals surface area contributed by atoms with Crippen LogP contribution >= 0.6 is 0 Å². The van der Waals surface area contributed by atoms with Gasteiger partial charge in [-0.15, -0.1) is 0 Å². The molecule has 0 unspecified atom stereocenters. The van der Waals surface area contributed by atoms with Gasteiger partial charge in [-0.25, -0.2) is 8.42 Å². The van der Waals surface area contributed by atoms with E-state index in [4.69, 9.17) is 5.73 Å². The topological polar surface area (TPSA) is 63.4 Å². The summed E-state index contributed by atoms with van der Waals surface area (Å²) in [5.74, 6) is 0.458. The highest BCUT2D eigenvalue weighted by molar-refractivity contribution is 7.89. The van der Waals surface area contributed by atoms with Crippen molar-refractivity contribution in [2.24, 2.45) is 11.7 Å². The summed E-state index contributed by atoms with van der Waals surface area (Å²) in [5.41, 5.74) is 6.83. The first-order valence-electron chi connectivity index (χ1n) is 7.56. The SMILES string of the molecule is CC(C)(C)c1ccc(S(=O)(=O)N2CCC(CN)CC2)cc1. The molecule has 1 aliphatic heterocycles. The number of hydrogen-bond donors (Lipinski definition) is 1. The van der Waals surface area contributed by atoms with Crippen molar-refractivity contribution in [2.75, 3.05) is 19.6 Å². The van der Waals surface area contributed by atoms with Crippen LogP contribution in [0.5, 0.6) is 0 Å². The van der Waals surface area contributed by atoms with E-state index < -0.39 is 10.0 Å². The van der Waals surface area contributed by atoms with Gasteiger partial charge in [-0.3, -0.25) is 0 Å². The summed E-state index contributed by atoms with van der Waals surface area (Å²) in [6.07, 6.45) is 1.71. The Hall–Kier alpha value is -0.910. The van der Waals surface area contributed by atoms with Gasteiger partial charge in [-0.2, -0.15) is 4.31 Å². The van der Waals surface area contributed by atoms with Crippen LogP contribution in [0.3, 0.4) is 0 Å². The summed E-state index contributed by atoms with van der Waals surface area (Å²) >= 11 is 0. The smallest absolute Gasteiger partial charge is 0.243 e. The molecule has 1 aromatic rings. The van der Waals surface area contributed by atoms with Gasteiger partial charge in [0.25, 0.3) is 0 Å². The molecule has 0 amide bonds. The third kappa shape index (κ3) is 3.65. The van der Waals surface area contributed by atoms with E-state index in [9.17, 15) is 8.42 Å². The second kappa shape index (κ2) is 6.07. The monoisotopic (exact) mass is 310 g/mol. The molecular weight excluding hydrogens is 284 g/mol. The molecule has 4 nitrogen and oxygen atoms in total. The molecule has 118 valence electrons. The van der Waals surface area contributed by atoms with E-state index in [0.717, 1.165) is 18.4 Å². The van der Waals surface area contributed by atoms with Crippen LogP contribution in [0, 0.1) is 5.92 Å². The maximum Gasteiger partial charge on any atom is 0.243 e. The molecule has 0 atom stereocenters. The fraction of sp³-hybridized carbons (Fsp3) is 0.625. The molecule has 1 heterocycles. The van der Waals surface area contributed by atoms with Crippen LogP contribution in [0.2, 0.25) is 0 Å². The molecule has 2 N–H and O–H groups in total. The molecule has 0 radical (unpaired) electrons. The van der Waals surface area contributed by atoms with Crippen LogP contribution in [0.4, 0.5) is 0 Å². The molecule has 0 bridgehead atoms. The Kier molecular flexibility index (Phi) is 4.76. The fourth-order valence-corrected chi connectivity index (χ4v) is 4.13. The summed E-state index contributed by atoms with van der Waals surface area (Å²) in [6.45, 7) is 8.15. The van der Waals surface area contributed by atoms with Crippen LogP contribution < -0.4 is 5.73 Å². The lowest BCUT2D eigenvalue weighted by atomic mass is 9.87. The van der Waals surface area contributed by atoms with Crippen molar-refractivity contribution in [1.29, 1.82) is 0 Å². The van der Waals surface area contributed by atoms with Crippen molar-refractivity contribution in [1.82, 2.24) is 4.31 Å². The average molecular weight is 310 g/mol. The van der Waals surface area contributed by atoms with Crippen molar-refractivity contribution in [2.45, 2.75) is 43.9 Å². The van der Waals surface area contributed by atoms with Gasteiger partial charge in [0.05, 0.1) is 4.90 Å². The Labute approximate surface area is 128 Å². The van der Waals surface area contributed by atoms with Crippen molar-refractivity contribution < 1.29 is 8.42 Å². The third-order valence-electron chi connectivity index (χ3n) is 4.26. The zero-order valence-electron chi connectivity index (χ0n) is 13.2. The van der Waals surface area contributed by atoms with E-state index >= 15 is 0 Å².